The maximum Gasteiger partial charge on any atom is 0.407 e. The first kappa shape index (κ1) is 16.9. The van der Waals surface area contributed by atoms with Crippen LogP contribution in [-0.2, 0) is 4.79 Å². The van der Waals surface area contributed by atoms with Gasteiger partial charge >= 0.3 is 12.1 Å². The number of aliphatic carboxylic acids is 1. The van der Waals surface area contributed by atoms with E-state index in [-0.39, 0.29) is 18.7 Å². The fourth-order valence-corrected chi connectivity index (χ4v) is 0.694. The van der Waals surface area contributed by atoms with Crippen LogP contribution in [-0.4, -0.2) is 52.0 Å². The minimum absolute atomic E-state index is 0.105. The van der Waals surface area contributed by atoms with Crippen LogP contribution in [0.4, 0.5) is 4.79 Å². The highest BCUT2D eigenvalue weighted by atomic mass is 16.4. The molecule has 0 aliphatic heterocycles. The van der Waals surface area contributed by atoms with Crippen molar-refractivity contribution >= 4 is 12.1 Å². The Labute approximate surface area is 94.8 Å². The van der Waals surface area contributed by atoms with Gasteiger partial charge in [0, 0.05) is 18.7 Å². The van der Waals surface area contributed by atoms with Gasteiger partial charge in [-0.3, -0.25) is 0 Å². The van der Waals surface area contributed by atoms with E-state index in [0.29, 0.717) is 6.54 Å². The first-order chi connectivity index (χ1) is 7.36. The lowest BCUT2D eigenvalue weighted by Gasteiger charge is -2.15. The molecule has 0 saturated heterocycles. The van der Waals surface area contributed by atoms with E-state index in [1.165, 1.54) is 11.8 Å². The summed E-state index contributed by atoms with van der Waals surface area (Å²) in [4.78, 5) is 21.1. The molecule has 0 aromatic carbocycles. The normalized spacial score (nSPS) is 8.69. The second-order valence-corrected chi connectivity index (χ2v) is 3.08. The number of aliphatic hydroxyl groups excluding tert-OH is 1. The van der Waals surface area contributed by atoms with Crippen molar-refractivity contribution in [3.63, 3.8) is 0 Å². The van der Waals surface area contributed by atoms with E-state index in [9.17, 15) is 9.59 Å². The van der Waals surface area contributed by atoms with Crippen molar-refractivity contribution < 1.29 is 24.9 Å². The topological polar surface area (TPSA) is 98.1 Å². The second kappa shape index (κ2) is 9.97. The molecule has 0 atom stereocenters. The molecule has 0 saturated carbocycles. The standard InChI is InChI=1S/C6H13NO3.C4H6O2/c1-2-3-7(4-5-8)6(9)10;1-3(2)4(5)6/h8H,2-5H2,1H3,(H,9,10);1H2,2H3,(H,5,6). The monoisotopic (exact) mass is 233 g/mol. The third kappa shape index (κ3) is 10.5. The lowest BCUT2D eigenvalue weighted by molar-refractivity contribution is -0.132. The Bertz CT molecular complexity index is 221. The fraction of sp³-hybridized carbons (Fsp3) is 0.600. The number of carboxylic acid groups (broad SMARTS) is 2. The Morgan fingerprint density at radius 3 is 1.88 bits per heavy atom. The van der Waals surface area contributed by atoms with E-state index >= 15 is 0 Å². The Morgan fingerprint density at radius 1 is 1.25 bits per heavy atom. The lowest BCUT2D eigenvalue weighted by Crippen LogP contribution is -2.32. The molecule has 0 aliphatic carbocycles. The number of amides is 1. The summed E-state index contributed by atoms with van der Waals surface area (Å²) in [7, 11) is 0. The van der Waals surface area contributed by atoms with Gasteiger partial charge in [-0.2, -0.15) is 0 Å². The number of carbonyl (C=O) groups is 2. The number of rotatable bonds is 5. The molecule has 6 heteroatoms. The maximum absolute atomic E-state index is 10.3. The molecule has 0 radical (unpaired) electrons. The maximum atomic E-state index is 10.3. The van der Waals surface area contributed by atoms with Gasteiger partial charge in [0.05, 0.1) is 6.61 Å². The molecule has 0 bridgehead atoms. The molecular formula is C10H19NO5. The second-order valence-electron chi connectivity index (χ2n) is 3.08. The third-order valence-corrected chi connectivity index (χ3v) is 1.50. The Kier molecular flexibility index (Phi) is 10.5. The number of hydrogen-bond acceptors (Lipinski definition) is 3. The van der Waals surface area contributed by atoms with Crippen molar-refractivity contribution in [3.8, 4) is 0 Å². The van der Waals surface area contributed by atoms with Crippen LogP contribution in [0.15, 0.2) is 12.2 Å². The molecule has 0 unspecified atom stereocenters. The van der Waals surface area contributed by atoms with Crippen molar-refractivity contribution in [3.05, 3.63) is 12.2 Å². The Hall–Kier alpha value is -1.56. The zero-order valence-electron chi connectivity index (χ0n) is 9.64. The number of carboxylic acids is 1. The predicted octanol–water partition coefficient (Wildman–Crippen LogP) is 1.02. The molecular weight excluding hydrogens is 214 g/mol. The first-order valence-electron chi connectivity index (χ1n) is 4.84. The fourth-order valence-electron chi connectivity index (χ4n) is 0.694. The average Bonchev–Trinajstić information content (AvgIpc) is 2.18. The van der Waals surface area contributed by atoms with Crippen LogP contribution in [0.3, 0.4) is 0 Å². The number of aliphatic hydroxyl groups is 1. The summed E-state index contributed by atoms with van der Waals surface area (Å²) in [6.07, 6.45) is -0.178. The smallest absolute Gasteiger partial charge is 0.407 e. The minimum Gasteiger partial charge on any atom is -0.478 e. The van der Waals surface area contributed by atoms with Crippen LogP contribution in [0.25, 0.3) is 0 Å². The summed E-state index contributed by atoms with van der Waals surface area (Å²) in [5, 5.41) is 24.7. The molecule has 0 aliphatic rings. The van der Waals surface area contributed by atoms with E-state index in [1.807, 2.05) is 6.92 Å². The van der Waals surface area contributed by atoms with Crippen molar-refractivity contribution in [1.29, 1.82) is 0 Å². The van der Waals surface area contributed by atoms with Gasteiger partial charge in [0.25, 0.3) is 0 Å². The van der Waals surface area contributed by atoms with Gasteiger partial charge in [0.1, 0.15) is 0 Å². The van der Waals surface area contributed by atoms with Gasteiger partial charge in [-0.15, -0.1) is 0 Å². The molecule has 94 valence electrons. The first-order valence-corrected chi connectivity index (χ1v) is 4.84. The molecule has 0 fully saturated rings. The van der Waals surface area contributed by atoms with E-state index < -0.39 is 12.1 Å². The van der Waals surface area contributed by atoms with Gasteiger partial charge in [-0.25, -0.2) is 9.59 Å². The van der Waals surface area contributed by atoms with Gasteiger partial charge in [-0.1, -0.05) is 13.5 Å². The Balaban J connectivity index is 0. The molecule has 3 N–H and O–H groups in total. The summed E-state index contributed by atoms with van der Waals surface area (Å²) >= 11 is 0. The van der Waals surface area contributed by atoms with Gasteiger partial charge in [0.15, 0.2) is 0 Å². The quantitative estimate of drug-likeness (QED) is 0.616. The van der Waals surface area contributed by atoms with Gasteiger partial charge < -0.3 is 20.2 Å². The zero-order chi connectivity index (χ0) is 13.1. The summed E-state index contributed by atoms with van der Waals surface area (Å²) in [5.74, 6) is -0.935. The van der Waals surface area contributed by atoms with Crippen molar-refractivity contribution in [2.24, 2.45) is 0 Å². The van der Waals surface area contributed by atoms with E-state index in [2.05, 4.69) is 6.58 Å². The van der Waals surface area contributed by atoms with Gasteiger partial charge in [-0.05, 0) is 13.3 Å². The summed E-state index contributed by atoms with van der Waals surface area (Å²) in [5.41, 5.74) is 0.176. The molecule has 16 heavy (non-hydrogen) atoms. The molecule has 0 aromatic heterocycles. The molecule has 1 amide bonds. The summed E-state index contributed by atoms with van der Waals surface area (Å²) < 4.78 is 0. The molecule has 0 rings (SSSR count). The highest BCUT2D eigenvalue weighted by Crippen LogP contribution is 1.90. The SMILES string of the molecule is C=C(C)C(=O)O.CCCN(CCO)C(=O)O. The van der Waals surface area contributed by atoms with E-state index in [1.54, 1.807) is 0 Å². The molecule has 0 aromatic rings. The average molecular weight is 233 g/mol. The van der Waals surface area contributed by atoms with Crippen LogP contribution in [0, 0.1) is 0 Å². The van der Waals surface area contributed by atoms with Crippen LogP contribution < -0.4 is 0 Å². The highest BCUT2D eigenvalue weighted by molar-refractivity contribution is 5.84. The minimum atomic E-state index is -0.962. The van der Waals surface area contributed by atoms with E-state index in [4.69, 9.17) is 15.3 Å². The van der Waals surface area contributed by atoms with Crippen LogP contribution in [0.5, 0.6) is 0 Å². The number of hydrogen-bond donors (Lipinski definition) is 3. The summed E-state index contributed by atoms with van der Waals surface area (Å²) in [6.45, 7) is 7.10. The van der Waals surface area contributed by atoms with Crippen molar-refractivity contribution in [2.45, 2.75) is 20.3 Å². The molecule has 0 heterocycles. The van der Waals surface area contributed by atoms with Crippen LogP contribution >= 0.6 is 0 Å². The Morgan fingerprint density at radius 2 is 1.69 bits per heavy atom. The van der Waals surface area contributed by atoms with Crippen molar-refractivity contribution in [1.82, 2.24) is 4.90 Å². The van der Waals surface area contributed by atoms with Crippen LogP contribution in [0.1, 0.15) is 20.3 Å². The number of nitrogens with zero attached hydrogens (tertiary/aromatic N) is 1. The zero-order valence-corrected chi connectivity index (χ0v) is 9.64. The lowest BCUT2D eigenvalue weighted by atomic mass is 10.4. The van der Waals surface area contributed by atoms with Crippen molar-refractivity contribution in [2.75, 3.05) is 19.7 Å². The highest BCUT2D eigenvalue weighted by Gasteiger charge is 2.07. The summed E-state index contributed by atoms with van der Waals surface area (Å²) in [6, 6.07) is 0. The van der Waals surface area contributed by atoms with Crippen LogP contribution in [0.2, 0.25) is 0 Å². The predicted molar refractivity (Wildman–Crippen MR) is 59.4 cm³/mol. The molecule has 0 spiro atoms. The molecule has 6 nitrogen and oxygen atoms in total. The third-order valence-electron chi connectivity index (χ3n) is 1.50. The van der Waals surface area contributed by atoms with Gasteiger partial charge in [0.2, 0.25) is 0 Å². The largest absolute Gasteiger partial charge is 0.478 e. The van der Waals surface area contributed by atoms with E-state index in [0.717, 1.165) is 6.42 Å².